The summed E-state index contributed by atoms with van der Waals surface area (Å²) in [4.78, 5) is 29.2. The van der Waals surface area contributed by atoms with Gasteiger partial charge in [-0.05, 0) is 18.1 Å². The van der Waals surface area contributed by atoms with Crippen molar-refractivity contribution in [2.45, 2.75) is 19.9 Å². The van der Waals surface area contributed by atoms with Crippen LogP contribution in [0.2, 0.25) is 0 Å². The number of hydrogen-bond donors (Lipinski definition) is 1. The van der Waals surface area contributed by atoms with Crippen molar-refractivity contribution in [3.63, 3.8) is 0 Å². The SMILES string of the molecule is CC(C)C(C(=O)Nc1nccs1)n1nnc2ccccc2c1=O. The Kier molecular flexibility index (Phi) is 4.16. The molecule has 7 nitrogen and oxygen atoms in total. The van der Waals surface area contributed by atoms with E-state index in [0.29, 0.717) is 16.0 Å². The molecule has 0 aliphatic heterocycles. The quantitative estimate of drug-likeness (QED) is 0.791. The van der Waals surface area contributed by atoms with E-state index in [1.165, 1.54) is 11.3 Å². The Hall–Kier alpha value is -2.61. The molecule has 1 unspecified atom stereocenters. The molecule has 0 saturated carbocycles. The van der Waals surface area contributed by atoms with Gasteiger partial charge in [-0.3, -0.25) is 9.59 Å². The van der Waals surface area contributed by atoms with Gasteiger partial charge >= 0.3 is 0 Å². The van der Waals surface area contributed by atoms with Crippen molar-refractivity contribution >= 4 is 33.3 Å². The molecular weight excluding hydrogens is 314 g/mol. The van der Waals surface area contributed by atoms with Gasteiger partial charge in [0.15, 0.2) is 5.13 Å². The Morgan fingerprint density at radius 3 is 2.78 bits per heavy atom. The molecule has 1 aromatic carbocycles. The number of anilines is 1. The average Bonchev–Trinajstić information content (AvgIpc) is 3.02. The maximum atomic E-state index is 12.6. The fourth-order valence-electron chi connectivity index (χ4n) is 2.34. The summed E-state index contributed by atoms with van der Waals surface area (Å²) in [5.74, 6) is -0.468. The normalized spacial score (nSPS) is 12.5. The van der Waals surface area contributed by atoms with Crippen molar-refractivity contribution in [2.24, 2.45) is 5.92 Å². The highest BCUT2D eigenvalue weighted by molar-refractivity contribution is 7.13. The second kappa shape index (κ2) is 6.25. The number of benzene rings is 1. The number of amides is 1. The number of rotatable bonds is 4. The first-order valence-corrected chi connectivity index (χ1v) is 8.00. The van der Waals surface area contributed by atoms with Crippen LogP contribution in [0.1, 0.15) is 19.9 Å². The molecular formula is C15H15N5O2S. The third kappa shape index (κ3) is 2.98. The topological polar surface area (TPSA) is 89.8 Å². The summed E-state index contributed by atoms with van der Waals surface area (Å²) >= 11 is 1.32. The fourth-order valence-corrected chi connectivity index (χ4v) is 2.88. The molecule has 0 saturated heterocycles. The standard InChI is InChI=1S/C15H15N5O2S/c1-9(2)12(13(21)17-15-16-7-8-23-15)20-14(22)10-5-3-4-6-11(10)18-19-20/h3-9,12H,1-2H3,(H,16,17,21). The van der Waals surface area contributed by atoms with Crippen LogP contribution in [0.25, 0.3) is 10.9 Å². The Morgan fingerprint density at radius 1 is 1.30 bits per heavy atom. The minimum atomic E-state index is -0.761. The lowest BCUT2D eigenvalue weighted by Gasteiger charge is -2.20. The van der Waals surface area contributed by atoms with Crippen LogP contribution in [-0.4, -0.2) is 25.9 Å². The highest BCUT2D eigenvalue weighted by atomic mass is 32.1. The number of nitrogens with zero attached hydrogens (tertiary/aromatic N) is 4. The first-order chi connectivity index (χ1) is 11.1. The lowest BCUT2D eigenvalue weighted by Crippen LogP contribution is -2.38. The third-order valence-electron chi connectivity index (χ3n) is 3.42. The Balaban J connectivity index is 2.03. The maximum absolute atomic E-state index is 12.6. The molecule has 8 heteroatoms. The van der Waals surface area contributed by atoms with Crippen LogP contribution < -0.4 is 10.9 Å². The number of fused-ring (bicyclic) bond motifs is 1. The highest BCUT2D eigenvalue weighted by Gasteiger charge is 2.27. The van der Waals surface area contributed by atoms with Crippen molar-refractivity contribution in [1.82, 2.24) is 20.0 Å². The lowest BCUT2D eigenvalue weighted by molar-refractivity contribution is -0.120. The van der Waals surface area contributed by atoms with Crippen molar-refractivity contribution in [2.75, 3.05) is 5.32 Å². The van der Waals surface area contributed by atoms with Gasteiger partial charge in [0.1, 0.15) is 11.6 Å². The van der Waals surface area contributed by atoms with Crippen LogP contribution in [-0.2, 0) is 4.79 Å². The molecule has 0 radical (unpaired) electrons. The van der Waals surface area contributed by atoms with Gasteiger partial charge in [0.25, 0.3) is 11.5 Å². The minimum absolute atomic E-state index is 0.136. The van der Waals surface area contributed by atoms with E-state index in [0.717, 1.165) is 4.68 Å². The van der Waals surface area contributed by atoms with Crippen molar-refractivity contribution in [3.05, 3.63) is 46.2 Å². The zero-order valence-corrected chi connectivity index (χ0v) is 13.4. The van der Waals surface area contributed by atoms with E-state index in [-0.39, 0.29) is 17.4 Å². The van der Waals surface area contributed by atoms with Gasteiger partial charge in [-0.1, -0.05) is 31.2 Å². The van der Waals surface area contributed by atoms with E-state index < -0.39 is 6.04 Å². The Morgan fingerprint density at radius 2 is 2.09 bits per heavy atom. The molecule has 0 bridgehead atoms. The highest BCUT2D eigenvalue weighted by Crippen LogP contribution is 2.19. The molecule has 118 valence electrons. The number of thiazole rings is 1. The maximum Gasteiger partial charge on any atom is 0.278 e. The summed E-state index contributed by atoms with van der Waals surface area (Å²) in [5.41, 5.74) is 0.181. The minimum Gasteiger partial charge on any atom is -0.300 e. The van der Waals surface area contributed by atoms with Crippen LogP contribution in [0, 0.1) is 5.92 Å². The number of nitrogens with one attached hydrogen (secondary N) is 1. The number of aromatic nitrogens is 4. The van der Waals surface area contributed by atoms with Gasteiger partial charge in [-0.15, -0.1) is 16.4 Å². The van der Waals surface area contributed by atoms with Gasteiger partial charge < -0.3 is 5.32 Å². The predicted octanol–water partition coefficient (Wildman–Crippen LogP) is 2.08. The molecule has 1 N–H and O–H groups in total. The van der Waals surface area contributed by atoms with Crippen LogP contribution >= 0.6 is 11.3 Å². The van der Waals surface area contributed by atoms with Crippen LogP contribution in [0.5, 0.6) is 0 Å². The van der Waals surface area contributed by atoms with Crippen molar-refractivity contribution in [3.8, 4) is 0 Å². The second-order valence-electron chi connectivity index (χ2n) is 5.37. The number of carbonyl (C=O) groups excluding carboxylic acids is 1. The van der Waals surface area contributed by atoms with E-state index in [1.54, 1.807) is 35.8 Å². The Bertz CT molecular complexity index is 888. The van der Waals surface area contributed by atoms with Gasteiger partial charge in [0.2, 0.25) is 0 Å². The second-order valence-corrected chi connectivity index (χ2v) is 6.27. The van der Waals surface area contributed by atoms with Crippen molar-refractivity contribution < 1.29 is 4.79 Å². The van der Waals surface area contributed by atoms with E-state index in [4.69, 9.17) is 0 Å². The summed E-state index contributed by atoms with van der Waals surface area (Å²) in [7, 11) is 0. The smallest absolute Gasteiger partial charge is 0.278 e. The Labute approximate surface area is 136 Å². The largest absolute Gasteiger partial charge is 0.300 e. The first kappa shape index (κ1) is 15.3. The summed E-state index contributed by atoms with van der Waals surface area (Å²) in [5, 5.41) is 13.4. The van der Waals surface area contributed by atoms with Crippen LogP contribution in [0.4, 0.5) is 5.13 Å². The molecule has 23 heavy (non-hydrogen) atoms. The van der Waals surface area contributed by atoms with Gasteiger partial charge in [-0.25, -0.2) is 4.98 Å². The molecule has 2 heterocycles. The monoisotopic (exact) mass is 329 g/mol. The number of hydrogen-bond acceptors (Lipinski definition) is 6. The third-order valence-corrected chi connectivity index (χ3v) is 4.11. The summed E-state index contributed by atoms with van der Waals surface area (Å²) in [6, 6.07) is 6.18. The number of carbonyl (C=O) groups is 1. The molecule has 2 aromatic heterocycles. The molecule has 3 aromatic rings. The molecule has 1 amide bonds. The van der Waals surface area contributed by atoms with Crippen LogP contribution in [0.15, 0.2) is 40.6 Å². The fraction of sp³-hybridized carbons (Fsp3) is 0.267. The van der Waals surface area contributed by atoms with Gasteiger partial charge in [0, 0.05) is 11.6 Å². The van der Waals surface area contributed by atoms with E-state index in [9.17, 15) is 9.59 Å². The molecule has 0 aliphatic carbocycles. The zero-order chi connectivity index (χ0) is 16.4. The average molecular weight is 329 g/mol. The first-order valence-electron chi connectivity index (χ1n) is 7.12. The summed E-state index contributed by atoms with van der Waals surface area (Å²) in [6.45, 7) is 3.71. The molecule has 0 spiro atoms. The van der Waals surface area contributed by atoms with Crippen LogP contribution in [0.3, 0.4) is 0 Å². The van der Waals surface area contributed by atoms with E-state index >= 15 is 0 Å². The van der Waals surface area contributed by atoms with E-state index in [1.807, 2.05) is 13.8 Å². The molecule has 0 aliphatic rings. The van der Waals surface area contributed by atoms with Crippen molar-refractivity contribution in [1.29, 1.82) is 0 Å². The zero-order valence-electron chi connectivity index (χ0n) is 12.6. The summed E-state index contributed by atoms with van der Waals surface area (Å²) in [6.07, 6.45) is 1.60. The van der Waals surface area contributed by atoms with E-state index in [2.05, 4.69) is 20.6 Å². The molecule has 0 fully saturated rings. The molecule has 1 atom stereocenters. The predicted molar refractivity (Wildman–Crippen MR) is 88.4 cm³/mol. The molecule has 3 rings (SSSR count). The van der Waals surface area contributed by atoms with Gasteiger partial charge in [0.05, 0.1) is 5.39 Å². The van der Waals surface area contributed by atoms with Gasteiger partial charge in [-0.2, -0.15) is 4.68 Å². The summed E-state index contributed by atoms with van der Waals surface area (Å²) < 4.78 is 1.15. The lowest BCUT2D eigenvalue weighted by atomic mass is 10.0.